The van der Waals surface area contributed by atoms with Crippen molar-refractivity contribution in [1.29, 1.82) is 0 Å². The second-order valence-electron chi connectivity index (χ2n) is 7.05. The lowest BCUT2D eigenvalue weighted by Gasteiger charge is -2.33. The Bertz CT molecular complexity index is 712. The number of benzene rings is 1. The van der Waals surface area contributed by atoms with Crippen LogP contribution < -0.4 is 5.32 Å². The first-order valence-electron chi connectivity index (χ1n) is 8.98. The lowest BCUT2D eigenvalue weighted by Crippen LogP contribution is -2.47. The summed E-state index contributed by atoms with van der Waals surface area (Å²) in [5.74, 6) is -0.0137. The van der Waals surface area contributed by atoms with Gasteiger partial charge < -0.3 is 5.32 Å². The molecule has 0 radical (unpaired) electrons. The molecule has 1 N–H and O–H groups in total. The molecule has 25 heavy (non-hydrogen) atoms. The third-order valence-electron chi connectivity index (χ3n) is 5.13. The average Bonchev–Trinajstić information content (AvgIpc) is 2.90. The summed E-state index contributed by atoms with van der Waals surface area (Å²) in [7, 11) is -3.21. The number of piperidine rings is 1. The Morgan fingerprint density at radius 3 is 2.56 bits per heavy atom. The highest BCUT2D eigenvalue weighted by atomic mass is 32.2. The molecule has 2 fully saturated rings. The van der Waals surface area contributed by atoms with Crippen LogP contribution in [0.25, 0.3) is 0 Å². The van der Waals surface area contributed by atoms with Gasteiger partial charge in [-0.2, -0.15) is 4.31 Å². The van der Waals surface area contributed by atoms with Gasteiger partial charge in [-0.1, -0.05) is 24.3 Å². The molecular weight excluding hydrogens is 338 g/mol. The maximum atomic E-state index is 12.1. The summed E-state index contributed by atoms with van der Waals surface area (Å²) in [6.07, 6.45) is 2.43. The van der Waals surface area contributed by atoms with Crippen LogP contribution in [0.4, 0.5) is 0 Å². The molecule has 2 aliphatic heterocycles. The summed E-state index contributed by atoms with van der Waals surface area (Å²) >= 11 is 0. The van der Waals surface area contributed by atoms with Crippen molar-refractivity contribution >= 4 is 15.9 Å². The molecule has 2 heterocycles. The highest BCUT2D eigenvalue weighted by Gasteiger charge is 2.30. The lowest BCUT2D eigenvalue weighted by atomic mass is 10.0. The molecule has 6 nitrogen and oxygen atoms in total. The first-order chi connectivity index (χ1) is 11.9. The summed E-state index contributed by atoms with van der Waals surface area (Å²) < 4.78 is 24.8. The number of rotatable bonds is 5. The smallest absolute Gasteiger partial charge is 0.235 e. The van der Waals surface area contributed by atoms with Crippen molar-refractivity contribution in [1.82, 2.24) is 14.5 Å². The van der Waals surface area contributed by atoms with Crippen LogP contribution in [0, 0.1) is 6.92 Å². The molecule has 0 saturated carbocycles. The molecule has 1 amide bonds. The van der Waals surface area contributed by atoms with Crippen molar-refractivity contribution in [3.05, 3.63) is 35.4 Å². The van der Waals surface area contributed by atoms with Crippen LogP contribution in [0.1, 0.15) is 30.4 Å². The van der Waals surface area contributed by atoms with Crippen molar-refractivity contribution < 1.29 is 13.2 Å². The summed E-state index contributed by atoms with van der Waals surface area (Å²) in [6, 6.07) is 8.57. The Morgan fingerprint density at radius 2 is 1.92 bits per heavy atom. The molecule has 7 heteroatoms. The summed E-state index contributed by atoms with van der Waals surface area (Å²) in [4.78, 5) is 14.6. The monoisotopic (exact) mass is 365 g/mol. The fourth-order valence-electron chi connectivity index (χ4n) is 3.57. The van der Waals surface area contributed by atoms with Gasteiger partial charge in [0.05, 0.1) is 12.3 Å². The quantitative estimate of drug-likeness (QED) is 0.849. The number of sulfonamides is 1. The van der Waals surface area contributed by atoms with Gasteiger partial charge in [-0.3, -0.25) is 9.69 Å². The fraction of sp³-hybridized carbons (Fsp3) is 0.611. The van der Waals surface area contributed by atoms with Gasteiger partial charge in [-0.05, 0) is 37.3 Å². The Hall–Kier alpha value is -1.44. The average molecular weight is 365 g/mol. The molecular formula is C18H27N3O3S. The number of likely N-dealkylation sites (tertiary alicyclic amines) is 1. The largest absolute Gasteiger partial charge is 0.352 e. The van der Waals surface area contributed by atoms with Crippen molar-refractivity contribution in [2.75, 3.05) is 31.9 Å². The van der Waals surface area contributed by atoms with Gasteiger partial charge in [-0.25, -0.2) is 8.42 Å². The number of nitrogens with one attached hydrogen (secondary N) is 1. The van der Waals surface area contributed by atoms with Gasteiger partial charge in [-0.15, -0.1) is 0 Å². The number of carbonyl (C=O) groups excluding carboxylic acids is 1. The topological polar surface area (TPSA) is 69.7 Å². The Kier molecular flexibility index (Phi) is 5.76. The zero-order chi connectivity index (χ0) is 17.9. The van der Waals surface area contributed by atoms with E-state index in [1.54, 1.807) is 0 Å². The fourth-order valence-corrected chi connectivity index (χ4v) is 5.04. The summed E-state index contributed by atoms with van der Waals surface area (Å²) in [6.45, 7) is 5.40. The van der Waals surface area contributed by atoms with Gasteiger partial charge >= 0.3 is 0 Å². The van der Waals surface area contributed by atoms with E-state index in [2.05, 4.69) is 41.4 Å². The minimum atomic E-state index is -3.21. The van der Waals surface area contributed by atoms with E-state index in [0.29, 0.717) is 13.0 Å². The maximum Gasteiger partial charge on any atom is 0.235 e. The van der Waals surface area contributed by atoms with Crippen LogP contribution in [0.15, 0.2) is 24.3 Å². The molecule has 138 valence electrons. The van der Waals surface area contributed by atoms with Crippen LogP contribution in [-0.2, 0) is 21.4 Å². The number of aryl methyl sites for hydroxylation is 1. The van der Waals surface area contributed by atoms with E-state index < -0.39 is 10.0 Å². The van der Waals surface area contributed by atoms with Gasteiger partial charge in [0, 0.05) is 32.2 Å². The van der Waals surface area contributed by atoms with Crippen LogP contribution in [0.2, 0.25) is 0 Å². The zero-order valence-electron chi connectivity index (χ0n) is 14.8. The molecule has 1 aromatic carbocycles. The van der Waals surface area contributed by atoms with E-state index in [1.165, 1.54) is 15.4 Å². The molecule has 1 aromatic rings. The third-order valence-corrected chi connectivity index (χ3v) is 7.03. The van der Waals surface area contributed by atoms with Gasteiger partial charge in [0.15, 0.2) is 0 Å². The van der Waals surface area contributed by atoms with Crippen molar-refractivity contribution in [3.63, 3.8) is 0 Å². The van der Waals surface area contributed by atoms with Gasteiger partial charge in [0.1, 0.15) is 0 Å². The van der Waals surface area contributed by atoms with E-state index in [-0.39, 0.29) is 24.2 Å². The molecule has 2 aliphatic rings. The van der Waals surface area contributed by atoms with E-state index in [1.807, 2.05) is 0 Å². The Morgan fingerprint density at radius 1 is 1.20 bits per heavy atom. The molecule has 0 unspecified atom stereocenters. The highest BCUT2D eigenvalue weighted by Crippen LogP contribution is 2.17. The van der Waals surface area contributed by atoms with E-state index in [0.717, 1.165) is 32.5 Å². The maximum absolute atomic E-state index is 12.1. The lowest BCUT2D eigenvalue weighted by molar-refractivity contribution is -0.122. The first kappa shape index (κ1) is 18.4. The third kappa shape index (κ3) is 4.80. The zero-order valence-corrected chi connectivity index (χ0v) is 15.6. The number of hydrogen-bond donors (Lipinski definition) is 1. The van der Waals surface area contributed by atoms with Crippen LogP contribution in [-0.4, -0.2) is 61.5 Å². The minimum Gasteiger partial charge on any atom is -0.352 e. The van der Waals surface area contributed by atoms with Gasteiger partial charge in [0.25, 0.3) is 0 Å². The second-order valence-corrected chi connectivity index (χ2v) is 9.14. The predicted octanol–water partition coefficient (Wildman–Crippen LogP) is 1.11. The molecule has 0 atom stereocenters. The molecule has 0 aromatic heterocycles. The molecule has 0 bridgehead atoms. The van der Waals surface area contributed by atoms with Crippen LogP contribution in [0.3, 0.4) is 0 Å². The molecule has 0 aliphatic carbocycles. The summed E-state index contributed by atoms with van der Waals surface area (Å²) in [5, 5.41) is 3.01. The Balaban J connectivity index is 1.43. The normalized spacial score (nSPS) is 22.1. The van der Waals surface area contributed by atoms with Crippen molar-refractivity contribution in [3.8, 4) is 0 Å². The van der Waals surface area contributed by atoms with Crippen LogP contribution in [0.5, 0.6) is 0 Å². The number of amides is 1. The van der Waals surface area contributed by atoms with E-state index in [4.69, 9.17) is 0 Å². The van der Waals surface area contributed by atoms with E-state index >= 15 is 0 Å². The predicted molar refractivity (Wildman–Crippen MR) is 97.6 cm³/mol. The van der Waals surface area contributed by atoms with Crippen molar-refractivity contribution in [2.45, 2.75) is 38.8 Å². The minimum absolute atomic E-state index is 0.0360. The van der Waals surface area contributed by atoms with Gasteiger partial charge in [0.2, 0.25) is 15.9 Å². The molecule has 0 spiro atoms. The highest BCUT2D eigenvalue weighted by molar-refractivity contribution is 7.89. The molecule has 2 saturated heterocycles. The molecule has 3 rings (SSSR count). The summed E-state index contributed by atoms with van der Waals surface area (Å²) in [5.41, 5.74) is 2.66. The van der Waals surface area contributed by atoms with Crippen molar-refractivity contribution in [2.24, 2.45) is 0 Å². The Labute approximate surface area is 150 Å². The van der Waals surface area contributed by atoms with E-state index in [9.17, 15) is 13.2 Å². The number of carbonyl (C=O) groups is 1. The van der Waals surface area contributed by atoms with Crippen LogP contribution >= 0.6 is 0 Å². The SMILES string of the molecule is Cc1ccccc1CN1CCC(NC(=O)CN2CCCS2(=O)=O)CC1. The second kappa shape index (κ2) is 7.85. The number of nitrogens with zero attached hydrogens (tertiary/aromatic N) is 2. The number of hydrogen-bond acceptors (Lipinski definition) is 4. The standard InChI is InChI=1S/C18H27N3O3S/c1-15-5-2-3-6-16(15)13-20-10-7-17(8-11-20)19-18(22)14-21-9-4-12-25(21,23)24/h2-3,5-6,17H,4,7-14H2,1H3,(H,19,22). The first-order valence-corrected chi connectivity index (χ1v) is 10.6.